The van der Waals surface area contributed by atoms with Gasteiger partial charge in [0.1, 0.15) is 12.4 Å². The van der Waals surface area contributed by atoms with Crippen LogP contribution in [0.4, 0.5) is 4.79 Å². The van der Waals surface area contributed by atoms with Crippen LogP contribution < -0.4 is 14.8 Å². The normalized spacial score (nSPS) is 11.8. The highest BCUT2D eigenvalue weighted by atomic mass is 32.2. The molecular formula is C24H33NO5S2. The summed E-state index contributed by atoms with van der Waals surface area (Å²) in [6.07, 6.45) is 0.0119. The van der Waals surface area contributed by atoms with Gasteiger partial charge in [-0.2, -0.15) is 0 Å². The number of aromatic hydroxyl groups is 1. The average molecular weight is 480 g/mol. The van der Waals surface area contributed by atoms with Crippen molar-refractivity contribution in [1.82, 2.24) is 5.32 Å². The van der Waals surface area contributed by atoms with Gasteiger partial charge in [-0.1, -0.05) is 44.2 Å². The van der Waals surface area contributed by atoms with E-state index in [0.717, 1.165) is 28.2 Å². The number of rotatable bonds is 12. The van der Waals surface area contributed by atoms with Crippen molar-refractivity contribution in [3.05, 3.63) is 53.1 Å². The molecule has 0 spiro atoms. The number of phenolic OH excluding ortho intramolecular Hbond substituents is 1. The predicted octanol–water partition coefficient (Wildman–Crippen LogP) is 5.39. The van der Waals surface area contributed by atoms with Crippen molar-refractivity contribution < 1.29 is 24.1 Å². The number of hydrogen-bond donors (Lipinski definition) is 2. The average Bonchev–Trinajstić information content (AvgIpc) is 2.78. The van der Waals surface area contributed by atoms with E-state index in [1.54, 1.807) is 36.7 Å². The summed E-state index contributed by atoms with van der Waals surface area (Å²) in [4.78, 5) is 12.7. The summed E-state index contributed by atoms with van der Waals surface area (Å²) in [5, 5.41) is 13.5. The van der Waals surface area contributed by atoms with Crippen LogP contribution in [-0.2, 0) is 17.8 Å². The van der Waals surface area contributed by atoms with E-state index in [4.69, 9.17) is 14.2 Å². The number of benzene rings is 2. The largest absolute Gasteiger partial charge is 0.504 e. The third-order valence-electron chi connectivity index (χ3n) is 4.87. The maximum atomic E-state index is 12.7. The fraction of sp³-hybridized carbons (Fsp3) is 0.458. The fourth-order valence-electron chi connectivity index (χ4n) is 3.50. The Morgan fingerprint density at radius 1 is 1.06 bits per heavy atom. The SMILES string of the molecule is CCSC(SCC)[C@H](Cc1cc(O)c(OC)c(C)c1OC)NC(=O)OCc1ccccc1. The Labute approximate surface area is 199 Å². The maximum Gasteiger partial charge on any atom is 0.407 e. The van der Waals surface area contributed by atoms with Gasteiger partial charge in [0, 0.05) is 11.1 Å². The lowest BCUT2D eigenvalue weighted by Crippen LogP contribution is -2.43. The first-order valence-electron chi connectivity index (χ1n) is 10.6. The maximum absolute atomic E-state index is 12.7. The zero-order chi connectivity index (χ0) is 23.5. The molecule has 176 valence electrons. The van der Waals surface area contributed by atoms with E-state index in [2.05, 4.69) is 19.2 Å². The predicted molar refractivity (Wildman–Crippen MR) is 133 cm³/mol. The minimum atomic E-state index is -0.467. The van der Waals surface area contributed by atoms with Crippen LogP contribution in [0.5, 0.6) is 17.2 Å². The quantitative estimate of drug-likeness (QED) is 0.395. The van der Waals surface area contributed by atoms with Crippen LogP contribution in [0.2, 0.25) is 0 Å². The summed E-state index contributed by atoms with van der Waals surface area (Å²) in [7, 11) is 3.11. The van der Waals surface area contributed by atoms with E-state index < -0.39 is 6.09 Å². The molecule has 0 fully saturated rings. The Morgan fingerprint density at radius 3 is 2.25 bits per heavy atom. The Hall–Kier alpha value is -2.19. The van der Waals surface area contributed by atoms with Crippen LogP contribution in [-0.4, -0.2) is 47.5 Å². The standard InChI is InChI=1S/C24H33NO5S2/c1-6-31-23(32-7-2)19(25-24(27)30-15-17-11-9-8-10-12-17)13-18-14-20(26)22(29-5)16(3)21(18)28-4/h8-12,14,19,23,26H,6-7,13,15H2,1-5H3,(H,25,27)/t19-/m0/s1. The number of thioether (sulfide) groups is 2. The van der Waals surface area contributed by atoms with Crippen LogP contribution in [0.25, 0.3) is 0 Å². The van der Waals surface area contributed by atoms with Crippen molar-refractivity contribution in [2.24, 2.45) is 0 Å². The topological polar surface area (TPSA) is 77.0 Å². The van der Waals surface area contributed by atoms with Gasteiger partial charge < -0.3 is 24.6 Å². The molecule has 0 unspecified atom stereocenters. The molecule has 0 aliphatic rings. The lowest BCUT2D eigenvalue weighted by Gasteiger charge is -2.28. The first-order valence-corrected chi connectivity index (χ1v) is 12.7. The number of methoxy groups -OCH3 is 2. The summed E-state index contributed by atoms with van der Waals surface area (Å²) < 4.78 is 16.5. The van der Waals surface area contributed by atoms with Gasteiger partial charge in [-0.05, 0) is 36.5 Å². The molecule has 0 aromatic heterocycles. The zero-order valence-corrected chi connectivity index (χ0v) is 21.0. The molecule has 0 heterocycles. The van der Waals surface area contributed by atoms with Crippen LogP contribution in [0.15, 0.2) is 36.4 Å². The lowest BCUT2D eigenvalue weighted by atomic mass is 10.0. The van der Waals surface area contributed by atoms with Gasteiger partial charge in [-0.25, -0.2) is 4.79 Å². The molecule has 0 aliphatic heterocycles. The van der Waals surface area contributed by atoms with E-state index in [0.29, 0.717) is 17.9 Å². The summed E-state index contributed by atoms with van der Waals surface area (Å²) >= 11 is 3.56. The smallest absolute Gasteiger partial charge is 0.407 e. The van der Waals surface area contributed by atoms with Crippen molar-refractivity contribution in [2.45, 2.75) is 44.4 Å². The van der Waals surface area contributed by atoms with Gasteiger partial charge in [0.15, 0.2) is 11.5 Å². The molecule has 2 N–H and O–H groups in total. The second-order valence-electron chi connectivity index (χ2n) is 7.04. The van der Waals surface area contributed by atoms with Crippen LogP contribution in [0, 0.1) is 6.92 Å². The van der Waals surface area contributed by atoms with Gasteiger partial charge in [-0.3, -0.25) is 0 Å². The molecule has 2 aromatic carbocycles. The molecule has 0 bridgehead atoms. The highest BCUT2D eigenvalue weighted by Gasteiger charge is 2.27. The van der Waals surface area contributed by atoms with E-state index in [1.807, 2.05) is 37.3 Å². The Balaban J connectivity index is 2.26. The monoisotopic (exact) mass is 479 g/mol. The number of ether oxygens (including phenoxy) is 3. The van der Waals surface area contributed by atoms with Gasteiger partial charge in [0.05, 0.1) is 24.8 Å². The van der Waals surface area contributed by atoms with Crippen molar-refractivity contribution >= 4 is 29.6 Å². The van der Waals surface area contributed by atoms with Gasteiger partial charge in [0.25, 0.3) is 0 Å². The Kier molecular flexibility index (Phi) is 10.9. The zero-order valence-electron chi connectivity index (χ0n) is 19.3. The van der Waals surface area contributed by atoms with Crippen molar-refractivity contribution in [1.29, 1.82) is 0 Å². The molecule has 8 heteroatoms. The molecule has 0 saturated heterocycles. The molecule has 0 aliphatic carbocycles. The highest BCUT2D eigenvalue weighted by Crippen LogP contribution is 2.40. The molecule has 32 heavy (non-hydrogen) atoms. The minimum Gasteiger partial charge on any atom is -0.504 e. The number of nitrogens with one attached hydrogen (secondary N) is 1. The first kappa shape index (κ1) is 26.1. The molecule has 2 aromatic rings. The van der Waals surface area contributed by atoms with Crippen molar-refractivity contribution in [2.75, 3.05) is 25.7 Å². The number of alkyl carbamates (subject to hydrolysis) is 1. The number of carbonyl (C=O) groups excluding carboxylic acids is 1. The molecule has 0 radical (unpaired) electrons. The Morgan fingerprint density at radius 2 is 1.69 bits per heavy atom. The molecule has 1 atom stereocenters. The van der Waals surface area contributed by atoms with Crippen molar-refractivity contribution in [3.8, 4) is 17.2 Å². The fourth-order valence-corrected chi connectivity index (χ4v) is 6.15. The molecule has 0 saturated carbocycles. The van der Waals surface area contributed by atoms with Gasteiger partial charge >= 0.3 is 6.09 Å². The third-order valence-corrected chi connectivity index (χ3v) is 7.67. The third kappa shape index (κ3) is 7.17. The van der Waals surface area contributed by atoms with Crippen LogP contribution >= 0.6 is 23.5 Å². The summed E-state index contributed by atoms with van der Waals surface area (Å²) in [5.74, 6) is 2.91. The van der Waals surface area contributed by atoms with E-state index >= 15 is 0 Å². The van der Waals surface area contributed by atoms with Gasteiger partial charge in [-0.15, -0.1) is 23.5 Å². The Bertz CT molecular complexity index is 857. The number of amides is 1. The summed E-state index contributed by atoms with van der Waals surface area (Å²) in [5.41, 5.74) is 2.45. The van der Waals surface area contributed by atoms with Gasteiger partial charge in [0.2, 0.25) is 0 Å². The molecule has 6 nitrogen and oxygen atoms in total. The minimum absolute atomic E-state index is 0.0500. The highest BCUT2D eigenvalue weighted by molar-refractivity contribution is 8.17. The van der Waals surface area contributed by atoms with Crippen LogP contribution in [0.1, 0.15) is 30.5 Å². The molecule has 1 amide bonds. The lowest BCUT2D eigenvalue weighted by molar-refractivity contribution is 0.136. The van der Waals surface area contributed by atoms with E-state index in [-0.39, 0.29) is 23.0 Å². The number of phenols is 1. The summed E-state index contributed by atoms with van der Waals surface area (Å²) in [6, 6.07) is 11.0. The second-order valence-corrected chi connectivity index (χ2v) is 10.2. The van der Waals surface area contributed by atoms with E-state index in [9.17, 15) is 9.90 Å². The van der Waals surface area contributed by atoms with Crippen LogP contribution in [0.3, 0.4) is 0 Å². The number of hydrogen-bond acceptors (Lipinski definition) is 7. The van der Waals surface area contributed by atoms with Crippen molar-refractivity contribution in [3.63, 3.8) is 0 Å². The summed E-state index contributed by atoms with van der Waals surface area (Å²) in [6.45, 7) is 6.25. The van der Waals surface area contributed by atoms with E-state index in [1.165, 1.54) is 7.11 Å². The second kappa shape index (κ2) is 13.4. The molecular weight excluding hydrogens is 446 g/mol. The number of carbonyl (C=O) groups is 1. The first-order chi connectivity index (χ1) is 15.4. The molecule has 2 rings (SSSR count).